The Morgan fingerprint density at radius 3 is 2.83 bits per heavy atom. The van der Waals surface area contributed by atoms with Crippen LogP contribution in [0, 0.1) is 11.7 Å². The van der Waals surface area contributed by atoms with Crippen molar-refractivity contribution in [1.29, 1.82) is 0 Å². The summed E-state index contributed by atoms with van der Waals surface area (Å²) in [4.78, 5) is 6.15. The van der Waals surface area contributed by atoms with Gasteiger partial charge in [-0.25, -0.2) is 9.37 Å². The van der Waals surface area contributed by atoms with Gasteiger partial charge in [-0.3, -0.25) is 0 Å². The van der Waals surface area contributed by atoms with Crippen LogP contribution in [0.4, 0.5) is 10.2 Å². The average molecular weight is 251 g/mol. The van der Waals surface area contributed by atoms with Crippen LogP contribution in [0.15, 0.2) is 12.3 Å². The first-order chi connectivity index (χ1) is 8.72. The van der Waals surface area contributed by atoms with Crippen LogP contribution < -0.4 is 10.2 Å². The number of anilines is 1. The molecule has 2 rings (SSSR count). The zero-order chi connectivity index (χ0) is 13.0. The van der Waals surface area contributed by atoms with Crippen LogP contribution in [0.5, 0.6) is 0 Å². The Morgan fingerprint density at radius 2 is 2.17 bits per heavy atom. The van der Waals surface area contributed by atoms with Gasteiger partial charge in [0, 0.05) is 31.9 Å². The predicted molar refractivity (Wildman–Crippen MR) is 72.2 cm³/mol. The molecule has 0 aromatic carbocycles. The van der Waals surface area contributed by atoms with Crippen molar-refractivity contribution in [2.75, 3.05) is 25.5 Å². The van der Waals surface area contributed by atoms with Gasteiger partial charge in [-0.2, -0.15) is 0 Å². The van der Waals surface area contributed by atoms with Crippen LogP contribution >= 0.6 is 0 Å². The van der Waals surface area contributed by atoms with Crippen LogP contribution in [0.25, 0.3) is 0 Å². The van der Waals surface area contributed by atoms with Gasteiger partial charge in [0.05, 0.1) is 0 Å². The second-order valence-electron chi connectivity index (χ2n) is 5.17. The van der Waals surface area contributed by atoms with E-state index in [-0.39, 0.29) is 5.82 Å². The minimum absolute atomic E-state index is 0.188. The Bertz CT molecular complexity index is 389. The van der Waals surface area contributed by atoms with Crippen molar-refractivity contribution in [2.45, 2.75) is 32.2 Å². The van der Waals surface area contributed by atoms with Gasteiger partial charge in [-0.15, -0.1) is 0 Å². The molecule has 1 fully saturated rings. The van der Waals surface area contributed by atoms with Crippen molar-refractivity contribution >= 4 is 5.82 Å². The molecule has 4 heteroatoms. The summed E-state index contributed by atoms with van der Waals surface area (Å²) < 4.78 is 14.2. The maximum atomic E-state index is 14.2. The quantitative estimate of drug-likeness (QED) is 0.871. The highest BCUT2D eigenvalue weighted by Gasteiger charge is 2.20. The van der Waals surface area contributed by atoms with E-state index in [1.165, 1.54) is 25.7 Å². The molecule has 18 heavy (non-hydrogen) atoms. The molecule has 0 bridgehead atoms. The van der Waals surface area contributed by atoms with Crippen LogP contribution in [0.2, 0.25) is 0 Å². The van der Waals surface area contributed by atoms with Crippen LogP contribution in [0.3, 0.4) is 0 Å². The van der Waals surface area contributed by atoms with Crippen LogP contribution in [-0.2, 0) is 6.54 Å². The Morgan fingerprint density at radius 1 is 1.44 bits per heavy atom. The average Bonchev–Trinajstić information content (AvgIpc) is 2.85. The topological polar surface area (TPSA) is 28.2 Å². The summed E-state index contributed by atoms with van der Waals surface area (Å²) in [6.45, 7) is 1.45. The fourth-order valence-corrected chi connectivity index (χ4v) is 2.73. The summed E-state index contributed by atoms with van der Waals surface area (Å²) in [5.41, 5.74) is 0.681. The van der Waals surface area contributed by atoms with E-state index in [4.69, 9.17) is 0 Å². The first kappa shape index (κ1) is 13.3. The lowest BCUT2D eigenvalue weighted by molar-refractivity contribution is 0.531. The highest BCUT2D eigenvalue weighted by molar-refractivity contribution is 5.42. The molecular weight excluding hydrogens is 229 g/mol. The first-order valence-corrected chi connectivity index (χ1v) is 6.71. The summed E-state index contributed by atoms with van der Waals surface area (Å²) >= 11 is 0. The monoisotopic (exact) mass is 251 g/mol. The molecule has 0 amide bonds. The molecule has 0 saturated heterocycles. The molecule has 0 unspecified atom stereocenters. The number of pyridine rings is 1. The van der Waals surface area contributed by atoms with Crippen molar-refractivity contribution in [3.05, 3.63) is 23.6 Å². The minimum Gasteiger partial charge on any atom is -0.357 e. The third-order valence-electron chi connectivity index (χ3n) is 3.69. The molecule has 1 aliphatic rings. The van der Waals surface area contributed by atoms with Crippen molar-refractivity contribution in [3.63, 3.8) is 0 Å². The second kappa shape index (κ2) is 6.14. The minimum atomic E-state index is -0.188. The highest BCUT2D eigenvalue weighted by atomic mass is 19.1. The van der Waals surface area contributed by atoms with Gasteiger partial charge in [0.1, 0.15) is 0 Å². The molecule has 0 radical (unpaired) electrons. The third kappa shape index (κ3) is 2.99. The van der Waals surface area contributed by atoms with E-state index >= 15 is 0 Å². The molecular formula is C14H22FN3. The molecule has 1 saturated carbocycles. The van der Waals surface area contributed by atoms with Gasteiger partial charge in [0.15, 0.2) is 11.6 Å². The zero-order valence-corrected chi connectivity index (χ0v) is 11.2. The standard InChI is InChI=1S/C14H22FN3/c1-16-9-12-7-8-17-14(13(12)15)18(2)10-11-5-3-4-6-11/h7-8,11,16H,3-6,9-10H2,1-2H3. The van der Waals surface area contributed by atoms with E-state index < -0.39 is 0 Å². The SMILES string of the molecule is CNCc1ccnc(N(C)CC2CCCC2)c1F. The van der Waals surface area contributed by atoms with Crippen molar-refractivity contribution < 1.29 is 4.39 Å². The predicted octanol–water partition coefficient (Wildman–Crippen LogP) is 2.57. The van der Waals surface area contributed by atoms with E-state index in [1.54, 1.807) is 12.3 Å². The highest BCUT2D eigenvalue weighted by Crippen LogP contribution is 2.27. The molecule has 100 valence electrons. The lowest BCUT2D eigenvalue weighted by Crippen LogP contribution is -2.26. The molecule has 0 aliphatic heterocycles. The largest absolute Gasteiger partial charge is 0.357 e. The van der Waals surface area contributed by atoms with Gasteiger partial charge >= 0.3 is 0 Å². The van der Waals surface area contributed by atoms with Gasteiger partial charge < -0.3 is 10.2 Å². The Labute approximate surface area is 108 Å². The van der Waals surface area contributed by atoms with Crippen molar-refractivity contribution in [3.8, 4) is 0 Å². The number of hydrogen-bond donors (Lipinski definition) is 1. The third-order valence-corrected chi connectivity index (χ3v) is 3.69. The fraction of sp³-hybridized carbons (Fsp3) is 0.643. The molecule has 0 atom stereocenters. The van der Waals surface area contributed by atoms with Gasteiger partial charge in [-0.05, 0) is 31.9 Å². The fourth-order valence-electron chi connectivity index (χ4n) is 2.73. The van der Waals surface area contributed by atoms with Gasteiger partial charge in [0.25, 0.3) is 0 Å². The molecule has 1 aromatic rings. The molecule has 3 nitrogen and oxygen atoms in total. The summed E-state index contributed by atoms with van der Waals surface area (Å²) in [7, 11) is 3.76. The lowest BCUT2D eigenvalue weighted by atomic mass is 10.1. The first-order valence-electron chi connectivity index (χ1n) is 6.71. The van der Waals surface area contributed by atoms with E-state index in [2.05, 4.69) is 10.3 Å². The number of hydrogen-bond acceptors (Lipinski definition) is 3. The summed E-state index contributed by atoms with van der Waals surface area (Å²) in [5, 5.41) is 2.98. The smallest absolute Gasteiger partial charge is 0.170 e. The zero-order valence-electron chi connectivity index (χ0n) is 11.2. The van der Waals surface area contributed by atoms with E-state index in [0.717, 1.165) is 6.54 Å². The summed E-state index contributed by atoms with van der Waals surface area (Å²) in [6, 6.07) is 1.73. The summed E-state index contributed by atoms with van der Waals surface area (Å²) in [6.07, 6.45) is 6.85. The van der Waals surface area contributed by atoms with Crippen molar-refractivity contribution in [2.24, 2.45) is 5.92 Å². The second-order valence-corrected chi connectivity index (χ2v) is 5.17. The number of nitrogens with one attached hydrogen (secondary N) is 1. The van der Waals surface area contributed by atoms with E-state index in [9.17, 15) is 4.39 Å². The Hall–Kier alpha value is -1.16. The van der Waals surface area contributed by atoms with Gasteiger partial charge in [0.2, 0.25) is 0 Å². The number of halogens is 1. The maximum Gasteiger partial charge on any atom is 0.170 e. The number of aromatic nitrogens is 1. The van der Waals surface area contributed by atoms with Crippen LogP contribution in [0.1, 0.15) is 31.2 Å². The molecule has 1 N–H and O–H groups in total. The molecule has 0 spiro atoms. The van der Waals surface area contributed by atoms with E-state index in [0.29, 0.717) is 23.8 Å². The summed E-state index contributed by atoms with van der Waals surface area (Å²) in [5.74, 6) is 0.992. The number of nitrogens with zero attached hydrogens (tertiary/aromatic N) is 2. The molecule has 1 aliphatic carbocycles. The van der Waals surface area contributed by atoms with Crippen LogP contribution in [-0.4, -0.2) is 25.6 Å². The van der Waals surface area contributed by atoms with E-state index in [1.807, 2.05) is 19.0 Å². The lowest BCUT2D eigenvalue weighted by Gasteiger charge is -2.23. The maximum absolute atomic E-state index is 14.2. The normalized spacial score (nSPS) is 16.2. The Kier molecular flexibility index (Phi) is 4.53. The Balaban J connectivity index is 2.08. The van der Waals surface area contributed by atoms with Gasteiger partial charge in [-0.1, -0.05) is 12.8 Å². The molecule has 1 aromatic heterocycles. The van der Waals surface area contributed by atoms with Crippen molar-refractivity contribution in [1.82, 2.24) is 10.3 Å². The number of rotatable bonds is 5. The molecule has 1 heterocycles.